The highest BCUT2D eigenvalue weighted by molar-refractivity contribution is 5.71. The molecular weight excluding hydrogens is 243 g/mol. The number of nitrogens with one attached hydrogen (secondary N) is 1. The maximum atomic E-state index is 13.0. The maximum Gasteiger partial charge on any atom is 0.180 e. The number of nitrogens with zero attached hydrogens (tertiary/aromatic N) is 3. The van der Waals surface area contributed by atoms with Gasteiger partial charge in [0.25, 0.3) is 0 Å². The summed E-state index contributed by atoms with van der Waals surface area (Å²) in [7, 11) is 0. The second kappa shape index (κ2) is 4.97. The van der Waals surface area contributed by atoms with Gasteiger partial charge in [-0.2, -0.15) is 0 Å². The molecule has 0 radical (unpaired) electrons. The summed E-state index contributed by atoms with van der Waals surface area (Å²) in [6, 6.07) is 10.1. The van der Waals surface area contributed by atoms with E-state index in [2.05, 4.69) is 20.3 Å². The zero-order valence-electron chi connectivity index (χ0n) is 10.0. The minimum atomic E-state index is -0.239. The third-order valence-corrected chi connectivity index (χ3v) is 2.69. The molecule has 2 heterocycles. The molecule has 5 heteroatoms. The fourth-order valence-electron chi connectivity index (χ4n) is 1.79. The van der Waals surface area contributed by atoms with Crippen molar-refractivity contribution in [2.75, 3.05) is 5.32 Å². The Morgan fingerprint density at radius 2 is 1.95 bits per heavy atom. The lowest BCUT2D eigenvalue weighted by atomic mass is 10.2. The van der Waals surface area contributed by atoms with E-state index in [0.29, 0.717) is 18.0 Å². The Morgan fingerprint density at radius 1 is 1.05 bits per heavy atom. The molecule has 2 aromatic heterocycles. The van der Waals surface area contributed by atoms with Crippen LogP contribution in [0.1, 0.15) is 5.56 Å². The van der Waals surface area contributed by atoms with Crippen LogP contribution in [0.4, 0.5) is 10.2 Å². The minimum Gasteiger partial charge on any atom is -0.366 e. The number of hydrogen-bond donors (Lipinski definition) is 1. The van der Waals surface area contributed by atoms with Gasteiger partial charge in [-0.3, -0.25) is 4.98 Å². The van der Waals surface area contributed by atoms with Crippen LogP contribution in [0.2, 0.25) is 0 Å². The van der Waals surface area contributed by atoms with Crippen molar-refractivity contribution in [3.63, 3.8) is 0 Å². The molecule has 1 N–H and O–H groups in total. The maximum absolute atomic E-state index is 13.0. The molecule has 19 heavy (non-hydrogen) atoms. The molecule has 94 valence electrons. The molecule has 4 nitrogen and oxygen atoms in total. The van der Waals surface area contributed by atoms with Crippen LogP contribution in [0.15, 0.2) is 48.8 Å². The highest BCUT2D eigenvalue weighted by Gasteiger charge is 2.00. The standard InChI is InChI=1S/C14H11FN4/c15-11-3-1-2-10(8-11)9-18-13-5-4-12-14(19-13)17-7-6-16-12/h1-8H,9H2,(H,17,18,19). The Morgan fingerprint density at radius 3 is 2.84 bits per heavy atom. The highest BCUT2D eigenvalue weighted by atomic mass is 19.1. The quantitative estimate of drug-likeness (QED) is 0.780. The molecule has 0 aliphatic rings. The Bertz CT molecular complexity index is 714. The average molecular weight is 254 g/mol. The first kappa shape index (κ1) is 11.5. The fourth-order valence-corrected chi connectivity index (χ4v) is 1.79. The van der Waals surface area contributed by atoms with Crippen LogP contribution in [0.25, 0.3) is 11.2 Å². The van der Waals surface area contributed by atoms with E-state index in [-0.39, 0.29) is 5.82 Å². The highest BCUT2D eigenvalue weighted by Crippen LogP contribution is 2.12. The van der Waals surface area contributed by atoms with Gasteiger partial charge in [0.1, 0.15) is 17.2 Å². The fraction of sp³-hybridized carbons (Fsp3) is 0.0714. The summed E-state index contributed by atoms with van der Waals surface area (Å²) in [5.41, 5.74) is 2.20. The van der Waals surface area contributed by atoms with Gasteiger partial charge in [-0.15, -0.1) is 0 Å². The smallest absolute Gasteiger partial charge is 0.180 e. The van der Waals surface area contributed by atoms with E-state index in [1.54, 1.807) is 18.5 Å². The molecule has 0 aliphatic carbocycles. The van der Waals surface area contributed by atoms with Crippen LogP contribution in [0.5, 0.6) is 0 Å². The molecule has 0 atom stereocenters. The first-order valence-electron chi connectivity index (χ1n) is 5.87. The van der Waals surface area contributed by atoms with Crippen molar-refractivity contribution >= 4 is 17.0 Å². The van der Waals surface area contributed by atoms with Gasteiger partial charge in [-0.05, 0) is 29.8 Å². The number of anilines is 1. The average Bonchev–Trinajstić information content (AvgIpc) is 2.45. The van der Waals surface area contributed by atoms with Crippen molar-refractivity contribution in [3.8, 4) is 0 Å². The minimum absolute atomic E-state index is 0.239. The largest absolute Gasteiger partial charge is 0.366 e. The summed E-state index contributed by atoms with van der Waals surface area (Å²) in [6.07, 6.45) is 3.23. The molecular formula is C14H11FN4. The van der Waals surface area contributed by atoms with Gasteiger partial charge in [0.05, 0.1) is 0 Å². The number of fused-ring (bicyclic) bond motifs is 1. The Labute approximate surface area is 109 Å². The van der Waals surface area contributed by atoms with Gasteiger partial charge in [0, 0.05) is 18.9 Å². The summed E-state index contributed by atoms with van der Waals surface area (Å²) in [5.74, 6) is 0.453. The number of rotatable bonds is 3. The summed E-state index contributed by atoms with van der Waals surface area (Å²) >= 11 is 0. The van der Waals surface area contributed by atoms with Gasteiger partial charge in [-0.1, -0.05) is 12.1 Å². The third-order valence-electron chi connectivity index (χ3n) is 2.69. The number of pyridine rings is 1. The number of aromatic nitrogens is 3. The van der Waals surface area contributed by atoms with Gasteiger partial charge in [0.15, 0.2) is 5.65 Å². The monoisotopic (exact) mass is 254 g/mol. The number of benzene rings is 1. The van der Waals surface area contributed by atoms with Crippen LogP contribution >= 0.6 is 0 Å². The van der Waals surface area contributed by atoms with Gasteiger partial charge in [0.2, 0.25) is 0 Å². The van der Waals surface area contributed by atoms with Crippen molar-refractivity contribution in [3.05, 3.63) is 60.2 Å². The van der Waals surface area contributed by atoms with E-state index >= 15 is 0 Å². The van der Waals surface area contributed by atoms with Crippen LogP contribution < -0.4 is 5.32 Å². The Balaban J connectivity index is 1.78. The lowest BCUT2D eigenvalue weighted by Crippen LogP contribution is -2.02. The van der Waals surface area contributed by atoms with E-state index in [4.69, 9.17) is 0 Å². The van der Waals surface area contributed by atoms with E-state index < -0.39 is 0 Å². The molecule has 3 rings (SSSR count). The van der Waals surface area contributed by atoms with E-state index in [0.717, 1.165) is 11.1 Å². The molecule has 0 bridgehead atoms. The van der Waals surface area contributed by atoms with Crippen molar-refractivity contribution in [1.82, 2.24) is 15.0 Å². The van der Waals surface area contributed by atoms with Crippen molar-refractivity contribution in [2.24, 2.45) is 0 Å². The molecule has 1 aromatic carbocycles. The zero-order valence-corrected chi connectivity index (χ0v) is 10.0. The van der Waals surface area contributed by atoms with Gasteiger partial charge < -0.3 is 5.32 Å². The first-order chi connectivity index (χ1) is 9.31. The zero-order chi connectivity index (χ0) is 13.1. The topological polar surface area (TPSA) is 50.7 Å². The molecule has 0 amide bonds. The van der Waals surface area contributed by atoms with E-state index in [9.17, 15) is 4.39 Å². The van der Waals surface area contributed by atoms with Crippen molar-refractivity contribution in [1.29, 1.82) is 0 Å². The van der Waals surface area contributed by atoms with Gasteiger partial charge >= 0.3 is 0 Å². The second-order valence-corrected chi connectivity index (χ2v) is 4.08. The molecule has 0 fully saturated rings. The molecule has 0 aliphatic heterocycles. The Hall–Kier alpha value is -2.56. The summed E-state index contributed by atoms with van der Waals surface area (Å²) in [5, 5.41) is 3.13. The molecule has 0 saturated heterocycles. The lowest BCUT2D eigenvalue weighted by molar-refractivity contribution is 0.626. The second-order valence-electron chi connectivity index (χ2n) is 4.08. The molecule has 0 unspecified atom stereocenters. The first-order valence-corrected chi connectivity index (χ1v) is 5.87. The molecule has 0 saturated carbocycles. The Kier molecular flexibility index (Phi) is 3.02. The predicted octanol–water partition coefficient (Wildman–Crippen LogP) is 2.78. The normalized spacial score (nSPS) is 10.6. The third kappa shape index (κ3) is 2.65. The van der Waals surface area contributed by atoms with Crippen molar-refractivity contribution < 1.29 is 4.39 Å². The predicted molar refractivity (Wildman–Crippen MR) is 71.1 cm³/mol. The van der Waals surface area contributed by atoms with Crippen LogP contribution in [-0.4, -0.2) is 15.0 Å². The number of hydrogen-bond acceptors (Lipinski definition) is 4. The number of halogens is 1. The van der Waals surface area contributed by atoms with Gasteiger partial charge in [-0.25, -0.2) is 14.4 Å². The van der Waals surface area contributed by atoms with Crippen LogP contribution in [0, 0.1) is 5.82 Å². The summed E-state index contributed by atoms with van der Waals surface area (Å²) in [6.45, 7) is 0.510. The van der Waals surface area contributed by atoms with Crippen molar-refractivity contribution in [2.45, 2.75) is 6.54 Å². The van der Waals surface area contributed by atoms with Crippen LogP contribution in [0.3, 0.4) is 0 Å². The molecule has 3 aromatic rings. The summed E-state index contributed by atoms with van der Waals surface area (Å²) < 4.78 is 13.0. The van der Waals surface area contributed by atoms with E-state index in [1.165, 1.54) is 12.1 Å². The van der Waals surface area contributed by atoms with Crippen LogP contribution in [-0.2, 0) is 6.54 Å². The lowest BCUT2D eigenvalue weighted by Gasteiger charge is -2.06. The van der Waals surface area contributed by atoms with E-state index in [1.807, 2.05) is 18.2 Å². The summed E-state index contributed by atoms with van der Waals surface area (Å²) in [4.78, 5) is 12.6. The molecule has 0 spiro atoms. The SMILES string of the molecule is Fc1cccc(CNc2ccc3nccnc3n2)c1.